The molecule has 0 saturated heterocycles. The molecule has 0 aliphatic heterocycles. The highest BCUT2D eigenvalue weighted by molar-refractivity contribution is 9.10. The minimum absolute atomic E-state index is 0.113. The summed E-state index contributed by atoms with van der Waals surface area (Å²) in [6, 6.07) is 5.37. The zero-order valence-electron chi connectivity index (χ0n) is 7.31. The summed E-state index contributed by atoms with van der Waals surface area (Å²) >= 11 is 3.14. The van der Waals surface area contributed by atoms with Crippen molar-refractivity contribution in [1.82, 2.24) is 0 Å². The summed E-state index contributed by atoms with van der Waals surface area (Å²) in [4.78, 5) is 10.3. The Kier molecular flexibility index (Phi) is 2.28. The van der Waals surface area contributed by atoms with Gasteiger partial charge in [-0.05, 0) is 34.0 Å². The van der Waals surface area contributed by atoms with Crippen LogP contribution in [0.2, 0.25) is 0 Å². The van der Waals surface area contributed by atoms with E-state index in [0.29, 0.717) is 10.4 Å². The fraction of sp³-hybridized carbons (Fsp3) is 0.333. The van der Waals surface area contributed by atoms with Crippen molar-refractivity contribution in [1.29, 1.82) is 0 Å². The topological polar surface area (TPSA) is 69.2 Å². The highest BCUT2D eigenvalue weighted by atomic mass is 79.9. The van der Waals surface area contributed by atoms with E-state index in [9.17, 15) is 10.1 Å². The fourth-order valence-corrected chi connectivity index (χ4v) is 1.89. The number of nitro benzene ring substituents is 1. The Bertz CT molecular complexity index is 394. The predicted octanol–water partition coefficient (Wildman–Crippen LogP) is 2.17. The van der Waals surface area contributed by atoms with Gasteiger partial charge in [-0.25, -0.2) is 0 Å². The van der Waals surface area contributed by atoms with Gasteiger partial charge in [-0.1, -0.05) is 6.07 Å². The van der Waals surface area contributed by atoms with Crippen LogP contribution in [-0.2, 0) is 0 Å². The molecule has 14 heavy (non-hydrogen) atoms. The third-order valence-electron chi connectivity index (χ3n) is 2.43. The minimum atomic E-state index is -0.387. The van der Waals surface area contributed by atoms with Gasteiger partial charge in [-0.15, -0.1) is 0 Å². The smallest absolute Gasteiger partial charge is 0.283 e. The molecule has 1 fully saturated rings. The quantitative estimate of drug-likeness (QED) is 0.652. The molecular weight excluding hydrogens is 248 g/mol. The maximum absolute atomic E-state index is 10.6. The first-order chi connectivity index (χ1) is 6.59. The van der Waals surface area contributed by atoms with Crippen LogP contribution in [0, 0.1) is 10.1 Å². The van der Waals surface area contributed by atoms with E-state index in [4.69, 9.17) is 5.73 Å². The number of benzene rings is 1. The van der Waals surface area contributed by atoms with Crippen molar-refractivity contribution in [2.45, 2.75) is 18.4 Å². The SMILES string of the molecule is NC1CC1c1ccc(Br)c([N+](=O)[O-])c1. The first-order valence-corrected chi connectivity index (χ1v) is 5.08. The van der Waals surface area contributed by atoms with Crippen molar-refractivity contribution < 1.29 is 4.92 Å². The van der Waals surface area contributed by atoms with Gasteiger partial charge >= 0.3 is 0 Å². The number of hydrogen-bond acceptors (Lipinski definition) is 3. The normalized spacial score (nSPS) is 24.7. The summed E-state index contributed by atoms with van der Waals surface area (Å²) in [7, 11) is 0. The van der Waals surface area contributed by atoms with E-state index in [1.165, 1.54) is 0 Å². The van der Waals surface area contributed by atoms with E-state index in [-0.39, 0.29) is 16.7 Å². The zero-order valence-corrected chi connectivity index (χ0v) is 8.90. The summed E-state index contributed by atoms with van der Waals surface area (Å²) in [6.07, 6.45) is 0.929. The molecule has 0 bridgehead atoms. The first-order valence-electron chi connectivity index (χ1n) is 4.29. The van der Waals surface area contributed by atoms with Crippen LogP contribution in [0.4, 0.5) is 5.69 Å². The molecule has 2 atom stereocenters. The zero-order chi connectivity index (χ0) is 10.3. The molecule has 1 saturated carbocycles. The second-order valence-electron chi connectivity index (χ2n) is 3.47. The molecule has 0 radical (unpaired) electrons. The second-order valence-corrected chi connectivity index (χ2v) is 4.33. The molecular formula is C9H9BrN2O2. The minimum Gasteiger partial charge on any atom is -0.327 e. The number of nitro groups is 1. The third-order valence-corrected chi connectivity index (χ3v) is 3.11. The molecule has 0 aromatic heterocycles. The maximum Gasteiger partial charge on any atom is 0.283 e. The lowest BCUT2D eigenvalue weighted by atomic mass is 10.1. The summed E-state index contributed by atoms with van der Waals surface area (Å²) in [5, 5.41) is 10.6. The Balaban J connectivity index is 2.36. The van der Waals surface area contributed by atoms with Crippen LogP contribution in [0.1, 0.15) is 17.9 Å². The molecule has 0 amide bonds. The summed E-state index contributed by atoms with van der Waals surface area (Å²) in [6.45, 7) is 0. The first kappa shape index (κ1) is 9.61. The molecule has 0 heterocycles. The van der Waals surface area contributed by atoms with E-state index in [1.807, 2.05) is 6.07 Å². The molecule has 0 spiro atoms. The van der Waals surface area contributed by atoms with E-state index < -0.39 is 0 Å². The van der Waals surface area contributed by atoms with Crippen LogP contribution in [0.5, 0.6) is 0 Å². The lowest BCUT2D eigenvalue weighted by Gasteiger charge is -2.00. The summed E-state index contributed by atoms with van der Waals surface area (Å²) < 4.78 is 0.514. The second kappa shape index (κ2) is 3.33. The van der Waals surface area contributed by atoms with Gasteiger partial charge in [-0.2, -0.15) is 0 Å². The van der Waals surface area contributed by atoms with Gasteiger partial charge in [0.05, 0.1) is 9.40 Å². The highest BCUT2D eigenvalue weighted by Crippen LogP contribution is 2.41. The predicted molar refractivity (Wildman–Crippen MR) is 56.1 cm³/mol. The standard InChI is InChI=1S/C9H9BrN2O2/c10-7-2-1-5(6-4-8(6)11)3-9(7)12(13)14/h1-3,6,8H,4,11H2. The van der Waals surface area contributed by atoms with Crippen LogP contribution in [-0.4, -0.2) is 11.0 Å². The van der Waals surface area contributed by atoms with E-state index >= 15 is 0 Å². The Morgan fingerprint density at radius 1 is 1.57 bits per heavy atom. The Hall–Kier alpha value is -0.940. The van der Waals surface area contributed by atoms with Gasteiger partial charge in [0.15, 0.2) is 0 Å². The molecule has 5 heteroatoms. The largest absolute Gasteiger partial charge is 0.327 e. The van der Waals surface area contributed by atoms with Gasteiger partial charge < -0.3 is 5.73 Å². The van der Waals surface area contributed by atoms with Crippen LogP contribution >= 0.6 is 15.9 Å². The summed E-state index contributed by atoms with van der Waals surface area (Å²) in [5.41, 5.74) is 6.76. The van der Waals surface area contributed by atoms with Gasteiger partial charge in [0.25, 0.3) is 5.69 Å². The number of nitrogens with two attached hydrogens (primary N) is 1. The van der Waals surface area contributed by atoms with E-state index in [0.717, 1.165) is 12.0 Å². The third kappa shape index (κ3) is 1.65. The van der Waals surface area contributed by atoms with Gasteiger partial charge in [0.1, 0.15) is 0 Å². The molecule has 2 N–H and O–H groups in total. The molecule has 2 rings (SSSR count). The number of rotatable bonds is 2. The lowest BCUT2D eigenvalue weighted by molar-refractivity contribution is -0.385. The number of hydrogen-bond donors (Lipinski definition) is 1. The van der Waals surface area contributed by atoms with Gasteiger partial charge in [0.2, 0.25) is 0 Å². The monoisotopic (exact) mass is 256 g/mol. The van der Waals surface area contributed by atoms with Crippen molar-refractivity contribution in [3.05, 3.63) is 38.3 Å². The molecule has 1 aromatic carbocycles. The van der Waals surface area contributed by atoms with Crippen LogP contribution in [0.15, 0.2) is 22.7 Å². The van der Waals surface area contributed by atoms with Crippen molar-refractivity contribution in [2.24, 2.45) is 5.73 Å². The number of halogens is 1. The fourth-order valence-electron chi connectivity index (χ4n) is 1.50. The van der Waals surface area contributed by atoms with Crippen molar-refractivity contribution >= 4 is 21.6 Å². The molecule has 4 nitrogen and oxygen atoms in total. The van der Waals surface area contributed by atoms with E-state index in [2.05, 4.69) is 15.9 Å². The highest BCUT2D eigenvalue weighted by Gasteiger charge is 2.35. The Morgan fingerprint density at radius 3 is 2.71 bits per heavy atom. The van der Waals surface area contributed by atoms with Crippen LogP contribution < -0.4 is 5.73 Å². The average molecular weight is 257 g/mol. The molecule has 1 aliphatic carbocycles. The Labute approximate surface area is 89.4 Å². The molecule has 74 valence electrons. The summed E-state index contributed by atoms with van der Waals surface area (Å²) in [5.74, 6) is 0.307. The van der Waals surface area contributed by atoms with Gasteiger partial charge in [0, 0.05) is 18.0 Å². The Morgan fingerprint density at radius 2 is 2.21 bits per heavy atom. The van der Waals surface area contributed by atoms with E-state index in [1.54, 1.807) is 12.1 Å². The van der Waals surface area contributed by atoms with Gasteiger partial charge in [-0.3, -0.25) is 10.1 Å². The molecule has 2 unspecified atom stereocenters. The maximum atomic E-state index is 10.6. The van der Waals surface area contributed by atoms with Crippen molar-refractivity contribution in [3.63, 3.8) is 0 Å². The van der Waals surface area contributed by atoms with Crippen molar-refractivity contribution in [2.75, 3.05) is 0 Å². The number of nitrogens with zero attached hydrogens (tertiary/aromatic N) is 1. The van der Waals surface area contributed by atoms with Crippen molar-refractivity contribution in [3.8, 4) is 0 Å². The molecule has 1 aliphatic rings. The van der Waals surface area contributed by atoms with Crippen LogP contribution in [0.3, 0.4) is 0 Å². The van der Waals surface area contributed by atoms with Crippen LogP contribution in [0.25, 0.3) is 0 Å². The average Bonchev–Trinajstić information content (AvgIpc) is 2.83. The molecule has 1 aromatic rings. The lowest BCUT2D eigenvalue weighted by Crippen LogP contribution is -2.01.